The fourth-order valence-corrected chi connectivity index (χ4v) is 5.31. The number of amidine groups is 1. The van der Waals surface area contributed by atoms with Crippen molar-refractivity contribution in [3.8, 4) is 0 Å². The molecule has 166 valence electrons. The molecule has 0 saturated heterocycles. The highest BCUT2D eigenvalue weighted by molar-refractivity contribution is 7.12. The van der Waals surface area contributed by atoms with E-state index in [1.165, 1.54) is 11.0 Å². The lowest BCUT2D eigenvalue weighted by molar-refractivity contribution is -0.134. The van der Waals surface area contributed by atoms with Crippen molar-refractivity contribution in [1.29, 1.82) is 0 Å². The van der Waals surface area contributed by atoms with E-state index in [-0.39, 0.29) is 13.1 Å². The summed E-state index contributed by atoms with van der Waals surface area (Å²) in [5, 5.41) is 23.1. The summed E-state index contributed by atoms with van der Waals surface area (Å²) >= 11 is 2.22. The summed E-state index contributed by atoms with van der Waals surface area (Å²) < 4.78 is 38.5. The number of rotatable bonds is 3. The van der Waals surface area contributed by atoms with E-state index in [0.717, 1.165) is 22.1 Å². The largest absolute Gasteiger partial charge is 0.425 e. The highest BCUT2D eigenvalue weighted by Gasteiger charge is 2.33. The number of hydrogen-bond donors (Lipinski definition) is 2. The van der Waals surface area contributed by atoms with Crippen LogP contribution in [0.5, 0.6) is 0 Å². The highest BCUT2D eigenvalue weighted by atomic mass is 32.1. The summed E-state index contributed by atoms with van der Waals surface area (Å²) in [5.41, 5.74) is 2.01. The summed E-state index contributed by atoms with van der Waals surface area (Å²) in [5.74, 6) is 0.734. The molecule has 0 radical (unpaired) electrons. The lowest BCUT2D eigenvalue weighted by atomic mass is 10.0. The minimum absolute atomic E-state index is 0.0679. The SMILES string of the molecule is CC1=NC(N2CC=C(c3cc(C)cs3)[C@@H](O)C2)=NC(O)N1Cc1ccc(C(F)(F)F)s1. The van der Waals surface area contributed by atoms with Gasteiger partial charge in [-0.3, -0.25) is 0 Å². The van der Waals surface area contributed by atoms with E-state index in [9.17, 15) is 23.4 Å². The molecule has 0 bridgehead atoms. The predicted octanol–water partition coefficient (Wildman–Crippen LogP) is 3.76. The maximum Gasteiger partial charge on any atom is 0.425 e. The molecule has 0 saturated carbocycles. The second-order valence-electron chi connectivity index (χ2n) is 7.39. The van der Waals surface area contributed by atoms with Crippen LogP contribution >= 0.6 is 22.7 Å². The number of alkyl halides is 3. The maximum absolute atomic E-state index is 12.8. The summed E-state index contributed by atoms with van der Waals surface area (Å²) in [4.78, 5) is 12.6. The zero-order chi connectivity index (χ0) is 22.3. The van der Waals surface area contributed by atoms with E-state index in [1.807, 2.05) is 24.4 Å². The first-order valence-corrected chi connectivity index (χ1v) is 11.2. The third-order valence-corrected chi connectivity index (χ3v) is 7.25. The first-order valence-electron chi connectivity index (χ1n) is 9.54. The van der Waals surface area contributed by atoms with Crippen LogP contribution < -0.4 is 0 Å². The molecule has 2 aliphatic heterocycles. The molecule has 2 aromatic rings. The maximum atomic E-state index is 12.8. The van der Waals surface area contributed by atoms with Crippen LogP contribution in [0.15, 0.2) is 39.6 Å². The van der Waals surface area contributed by atoms with E-state index in [0.29, 0.717) is 34.6 Å². The van der Waals surface area contributed by atoms with Gasteiger partial charge in [0.15, 0.2) is 0 Å². The van der Waals surface area contributed by atoms with E-state index < -0.39 is 23.5 Å². The number of aliphatic hydroxyl groups excluding tert-OH is 2. The Morgan fingerprint density at radius 3 is 2.58 bits per heavy atom. The van der Waals surface area contributed by atoms with Crippen LogP contribution in [-0.4, -0.2) is 57.4 Å². The Bertz CT molecular complexity index is 1060. The van der Waals surface area contributed by atoms with Crippen LogP contribution in [0.1, 0.15) is 27.1 Å². The quantitative estimate of drug-likeness (QED) is 0.717. The van der Waals surface area contributed by atoms with E-state index in [2.05, 4.69) is 9.98 Å². The average Bonchev–Trinajstić information content (AvgIpc) is 3.33. The second kappa shape index (κ2) is 8.38. The van der Waals surface area contributed by atoms with Gasteiger partial charge in [-0.2, -0.15) is 18.2 Å². The number of thiophene rings is 2. The average molecular weight is 471 g/mol. The van der Waals surface area contributed by atoms with E-state index in [4.69, 9.17) is 0 Å². The molecule has 0 amide bonds. The monoisotopic (exact) mass is 470 g/mol. The van der Waals surface area contributed by atoms with Crippen LogP contribution in [-0.2, 0) is 12.7 Å². The van der Waals surface area contributed by atoms with Crippen LogP contribution in [0, 0.1) is 6.92 Å². The van der Waals surface area contributed by atoms with Crippen molar-refractivity contribution >= 4 is 40.0 Å². The van der Waals surface area contributed by atoms with Crippen molar-refractivity contribution in [3.05, 3.63) is 49.9 Å². The Morgan fingerprint density at radius 2 is 2.00 bits per heavy atom. The topological polar surface area (TPSA) is 71.7 Å². The Balaban J connectivity index is 1.46. The molecule has 1 unspecified atom stereocenters. The van der Waals surface area contributed by atoms with Gasteiger partial charge in [-0.05, 0) is 48.6 Å². The van der Waals surface area contributed by atoms with Crippen LogP contribution in [0.2, 0.25) is 0 Å². The third kappa shape index (κ3) is 4.69. The van der Waals surface area contributed by atoms with Gasteiger partial charge in [-0.25, -0.2) is 4.99 Å². The molecule has 4 rings (SSSR count). The van der Waals surface area contributed by atoms with Crippen LogP contribution in [0.25, 0.3) is 5.57 Å². The zero-order valence-electron chi connectivity index (χ0n) is 16.8. The minimum atomic E-state index is -4.39. The normalized spacial score (nSPS) is 22.4. The Hall–Kier alpha value is -2.21. The van der Waals surface area contributed by atoms with Gasteiger partial charge >= 0.3 is 6.18 Å². The molecule has 31 heavy (non-hydrogen) atoms. The van der Waals surface area contributed by atoms with Crippen LogP contribution in [0.3, 0.4) is 0 Å². The van der Waals surface area contributed by atoms with Gasteiger partial charge < -0.3 is 20.0 Å². The lowest BCUT2D eigenvalue weighted by Crippen LogP contribution is -2.47. The van der Waals surface area contributed by atoms with Gasteiger partial charge in [0.05, 0.1) is 19.2 Å². The Kier molecular flexibility index (Phi) is 5.95. The van der Waals surface area contributed by atoms with Crippen molar-refractivity contribution in [2.45, 2.75) is 39.0 Å². The molecule has 6 nitrogen and oxygen atoms in total. The van der Waals surface area contributed by atoms with Gasteiger partial charge in [-0.15, -0.1) is 22.7 Å². The summed E-state index contributed by atoms with van der Waals surface area (Å²) in [6.45, 7) is 4.50. The van der Waals surface area contributed by atoms with Crippen LogP contribution in [0.4, 0.5) is 13.2 Å². The fraction of sp³-hybridized carbons (Fsp3) is 0.400. The zero-order valence-corrected chi connectivity index (χ0v) is 18.4. The first kappa shape index (κ1) is 22.0. The number of aryl methyl sites for hydroxylation is 1. The summed E-state index contributed by atoms with van der Waals surface area (Å²) in [7, 11) is 0. The molecule has 11 heteroatoms. The number of nitrogens with zero attached hydrogens (tertiary/aromatic N) is 4. The standard InChI is InChI=1S/C20H21F3N4O2S2/c1-11-7-16(30-10-11)14-5-6-26(9-15(14)28)18-24-12(2)27(19(29)25-18)8-13-3-4-17(31-13)20(21,22)23/h3-5,7,10,15,19,28-29H,6,8-9H2,1-2H3/t15-,19?/m0/s1. The second-order valence-corrected chi connectivity index (χ2v) is 9.47. The van der Waals surface area contributed by atoms with Gasteiger partial charge in [0.1, 0.15) is 10.7 Å². The minimum Gasteiger partial charge on any atom is -0.387 e. The lowest BCUT2D eigenvalue weighted by Gasteiger charge is -2.35. The van der Waals surface area contributed by atoms with E-state index >= 15 is 0 Å². The molecule has 0 aliphatic carbocycles. The van der Waals surface area contributed by atoms with Gasteiger partial charge in [-0.1, -0.05) is 6.08 Å². The molecule has 2 atom stereocenters. The molecule has 4 heterocycles. The number of hydrogen-bond acceptors (Lipinski definition) is 8. The molecule has 0 aromatic carbocycles. The predicted molar refractivity (Wildman–Crippen MR) is 116 cm³/mol. The third-order valence-electron chi connectivity index (χ3n) is 5.04. The van der Waals surface area contributed by atoms with Gasteiger partial charge in [0.2, 0.25) is 12.3 Å². The van der Waals surface area contributed by atoms with Crippen molar-refractivity contribution in [1.82, 2.24) is 9.80 Å². The molecular formula is C20H21F3N4O2S2. The van der Waals surface area contributed by atoms with Crippen molar-refractivity contribution in [2.24, 2.45) is 9.98 Å². The van der Waals surface area contributed by atoms with Crippen molar-refractivity contribution in [2.75, 3.05) is 13.1 Å². The smallest absolute Gasteiger partial charge is 0.387 e. The Morgan fingerprint density at radius 1 is 1.23 bits per heavy atom. The molecule has 2 aromatic heterocycles. The van der Waals surface area contributed by atoms with Gasteiger partial charge in [0.25, 0.3) is 0 Å². The van der Waals surface area contributed by atoms with Gasteiger partial charge in [0, 0.05) is 16.3 Å². The van der Waals surface area contributed by atoms with Crippen molar-refractivity contribution < 1.29 is 23.4 Å². The van der Waals surface area contributed by atoms with Crippen molar-refractivity contribution in [3.63, 3.8) is 0 Å². The molecule has 2 N–H and O–H groups in total. The number of aliphatic imine (C=N–C) groups is 2. The number of halogens is 3. The summed E-state index contributed by atoms with van der Waals surface area (Å²) in [6.07, 6.45) is -4.45. The fourth-order valence-electron chi connectivity index (χ4n) is 3.45. The number of β-amino-alcohol motifs (C(OH)–C–C–N with tert-alkyl or cyclic N) is 1. The first-order chi connectivity index (χ1) is 14.6. The highest BCUT2D eigenvalue weighted by Crippen LogP contribution is 2.35. The number of guanidine groups is 1. The summed E-state index contributed by atoms with van der Waals surface area (Å²) in [6, 6.07) is 4.46. The number of aliphatic hydroxyl groups is 2. The molecule has 2 aliphatic rings. The Labute approximate surface area is 185 Å². The van der Waals surface area contributed by atoms with E-state index in [1.54, 1.807) is 23.2 Å². The molecular weight excluding hydrogens is 449 g/mol. The molecule has 0 fully saturated rings. The molecule has 0 spiro atoms.